The fourth-order valence-electron chi connectivity index (χ4n) is 3.42. The zero-order chi connectivity index (χ0) is 17.3. The zero-order valence-corrected chi connectivity index (χ0v) is 15.5. The van der Waals surface area contributed by atoms with Gasteiger partial charge in [0.2, 0.25) is 0 Å². The largest absolute Gasteiger partial charge is 0.349 e. The minimum absolute atomic E-state index is 0.0197. The first-order chi connectivity index (χ1) is 11.5. The van der Waals surface area contributed by atoms with Gasteiger partial charge in [0.05, 0.1) is 10.3 Å². The van der Waals surface area contributed by atoms with Crippen LogP contribution in [-0.2, 0) is 13.0 Å². The minimum Gasteiger partial charge on any atom is -0.349 e. The Morgan fingerprint density at radius 1 is 1.38 bits per heavy atom. The van der Waals surface area contributed by atoms with Gasteiger partial charge in [-0.25, -0.2) is 4.98 Å². The maximum atomic E-state index is 12.9. The van der Waals surface area contributed by atoms with Gasteiger partial charge in [-0.05, 0) is 38.7 Å². The third kappa shape index (κ3) is 3.11. The lowest BCUT2D eigenvalue weighted by atomic mass is 10.1. The molecule has 1 atom stereocenters. The number of carbonyl (C=O) groups is 1. The van der Waals surface area contributed by atoms with Gasteiger partial charge in [-0.15, -0.1) is 11.3 Å². The van der Waals surface area contributed by atoms with Gasteiger partial charge in [-0.2, -0.15) is 0 Å². The average molecular weight is 347 g/mol. The van der Waals surface area contributed by atoms with Crippen LogP contribution in [0.4, 0.5) is 0 Å². The summed E-state index contributed by atoms with van der Waals surface area (Å²) in [5.74, 6) is 0.786. The number of hydrogen-bond acceptors (Lipinski definition) is 4. The Balaban J connectivity index is 2.03. The first-order valence-electron chi connectivity index (χ1n) is 8.86. The lowest BCUT2D eigenvalue weighted by Crippen LogP contribution is -2.32. The van der Waals surface area contributed by atoms with Crippen LogP contribution < -0.4 is 10.9 Å². The van der Waals surface area contributed by atoms with Crippen molar-refractivity contribution in [1.29, 1.82) is 0 Å². The van der Waals surface area contributed by atoms with Crippen LogP contribution in [0.15, 0.2) is 4.79 Å². The van der Waals surface area contributed by atoms with Crippen LogP contribution in [0.1, 0.15) is 67.0 Å². The van der Waals surface area contributed by atoms with E-state index in [1.165, 1.54) is 11.3 Å². The molecular weight excluding hydrogens is 322 g/mol. The minimum atomic E-state index is -0.0870. The number of rotatable bonds is 4. The molecule has 5 nitrogen and oxygen atoms in total. The van der Waals surface area contributed by atoms with Crippen molar-refractivity contribution in [2.75, 3.05) is 0 Å². The van der Waals surface area contributed by atoms with Crippen LogP contribution in [0.5, 0.6) is 0 Å². The van der Waals surface area contributed by atoms with Crippen LogP contribution >= 0.6 is 11.3 Å². The first kappa shape index (κ1) is 17.1. The fraction of sp³-hybridized carbons (Fsp3) is 0.611. The molecule has 0 bridgehead atoms. The average Bonchev–Trinajstić information content (AvgIpc) is 2.71. The van der Waals surface area contributed by atoms with Crippen molar-refractivity contribution in [2.24, 2.45) is 0 Å². The van der Waals surface area contributed by atoms with Gasteiger partial charge in [0.15, 0.2) is 0 Å². The van der Waals surface area contributed by atoms with Crippen molar-refractivity contribution in [3.05, 3.63) is 26.6 Å². The van der Waals surface area contributed by atoms with E-state index in [0.717, 1.165) is 56.5 Å². The predicted molar refractivity (Wildman–Crippen MR) is 98.0 cm³/mol. The zero-order valence-electron chi connectivity index (χ0n) is 14.6. The third-order valence-electron chi connectivity index (χ3n) is 4.72. The van der Waals surface area contributed by atoms with E-state index in [2.05, 4.69) is 12.2 Å². The molecule has 2 aromatic heterocycles. The van der Waals surface area contributed by atoms with E-state index in [1.54, 1.807) is 0 Å². The second-order valence-electron chi connectivity index (χ2n) is 6.70. The molecule has 24 heavy (non-hydrogen) atoms. The molecule has 1 amide bonds. The summed E-state index contributed by atoms with van der Waals surface area (Å²) in [7, 11) is 0. The van der Waals surface area contributed by atoms with E-state index in [0.29, 0.717) is 15.1 Å². The Kier molecular flexibility index (Phi) is 5.04. The molecular formula is C18H25N3O2S. The van der Waals surface area contributed by atoms with Gasteiger partial charge in [0.25, 0.3) is 11.5 Å². The Labute approximate surface area is 146 Å². The predicted octanol–water partition coefficient (Wildman–Crippen LogP) is 3.41. The summed E-state index contributed by atoms with van der Waals surface area (Å²) < 4.78 is 1.82. The summed E-state index contributed by atoms with van der Waals surface area (Å²) in [5, 5.41) is 3.66. The van der Waals surface area contributed by atoms with Crippen molar-refractivity contribution in [3.63, 3.8) is 0 Å². The Morgan fingerprint density at radius 2 is 2.17 bits per heavy atom. The molecule has 0 aromatic carbocycles. The molecule has 0 unspecified atom stereocenters. The first-order valence-corrected chi connectivity index (χ1v) is 9.68. The molecule has 0 fully saturated rings. The maximum Gasteiger partial charge on any atom is 0.262 e. The van der Waals surface area contributed by atoms with E-state index in [4.69, 9.17) is 4.98 Å². The van der Waals surface area contributed by atoms with Crippen LogP contribution in [-0.4, -0.2) is 21.5 Å². The second-order valence-corrected chi connectivity index (χ2v) is 7.69. The SMILES string of the molecule is CCC[C@@H](C)NC(=O)c1sc2nc3n(c(=O)c2c1C)CCCCC3. The second kappa shape index (κ2) is 7.05. The summed E-state index contributed by atoms with van der Waals surface area (Å²) in [6.07, 6.45) is 6.05. The highest BCUT2D eigenvalue weighted by Crippen LogP contribution is 2.28. The number of nitrogens with zero attached hydrogens (tertiary/aromatic N) is 2. The highest BCUT2D eigenvalue weighted by molar-refractivity contribution is 7.20. The molecule has 1 aliphatic heterocycles. The monoisotopic (exact) mass is 347 g/mol. The van der Waals surface area contributed by atoms with Gasteiger partial charge in [0, 0.05) is 19.0 Å². The van der Waals surface area contributed by atoms with Gasteiger partial charge in [-0.1, -0.05) is 19.8 Å². The number of fused-ring (bicyclic) bond motifs is 2. The van der Waals surface area contributed by atoms with Gasteiger partial charge in [-0.3, -0.25) is 14.2 Å². The molecule has 0 radical (unpaired) electrons. The number of carbonyl (C=O) groups excluding carboxylic acids is 1. The summed E-state index contributed by atoms with van der Waals surface area (Å²) in [4.78, 5) is 31.5. The van der Waals surface area contributed by atoms with Crippen molar-refractivity contribution >= 4 is 27.5 Å². The molecule has 0 aliphatic carbocycles. The fourth-order valence-corrected chi connectivity index (χ4v) is 4.51. The summed E-state index contributed by atoms with van der Waals surface area (Å²) >= 11 is 1.35. The van der Waals surface area contributed by atoms with Crippen LogP contribution in [0, 0.1) is 6.92 Å². The topological polar surface area (TPSA) is 64.0 Å². The molecule has 6 heteroatoms. The van der Waals surface area contributed by atoms with E-state index in [1.807, 2.05) is 18.4 Å². The lowest BCUT2D eigenvalue weighted by molar-refractivity contribution is 0.0942. The van der Waals surface area contributed by atoms with Gasteiger partial charge < -0.3 is 5.32 Å². The number of amides is 1. The van der Waals surface area contributed by atoms with Crippen molar-refractivity contribution in [3.8, 4) is 0 Å². The molecule has 0 saturated heterocycles. The summed E-state index contributed by atoms with van der Waals surface area (Å²) in [6, 6.07) is 0.137. The number of aromatic nitrogens is 2. The molecule has 1 N–H and O–H groups in total. The quantitative estimate of drug-likeness (QED) is 0.922. The van der Waals surface area contributed by atoms with E-state index >= 15 is 0 Å². The van der Waals surface area contributed by atoms with E-state index < -0.39 is 0 Å². The highest BCUT2D eigenvalue weighted by Gasteiger charge is 2.22. The molecule has 0 spiro atoms. The van der Waals surface area contributed by atoms with Crippen molar-refractivity contribution in [1.82, 2.24) is 14.9 Å². The highest BCUT2D eigenvalue weighted by atomic mass is 32.1. The van der Waals surface area contributed by atoms with Crippen LogP contribution in [0.3, 0.4) is 0 Å². The third-order valence-corrected chi connectivity index (χ3v) is 5.90. The van der Waals surface area contributed by atoms with Crippen LogP contribution in [0.25, 0.3) is 10.2 Å². The molecule has 1 aliphatic rings. The Morgan fingerprint density at radius 3 is 2.92 bits per heavy atom. The Bertz CT molecular complexity index is 822. The lowest BCUT2D eigenvalue weighted by Gasteiger charge is -2.12. The summed E-state index contributed by atoms with van der Waals surface area (Å²) in [6.45, 7) is 6.72. The maximum absolute atomic E-state index is 12.9. The van der Waals surface area contributed by atoms with Gasteiger partial charge >= 0.3 is 0 Å². The number of nitrogens with one attached hydrogen (secondary N) is 1. The van der Waals surface area contributed by atoms with Crippen LogP contribution in [0.2, 0.25) is 0 Å². The molecule has 2 aromatic rings. The number of aryl methyl sites for hydroxylation is 2. The van der Waals surface area contributed by atoms with Crippen molar-refractivity contribution in [2.45, 2.75) is 71.9 Å². The standard InChI is InChI=1S/C18H25N3O2S/c1-4-8-11(2)19-16(22)15-12(3)14-17(24-15)20-13-9-6-5-7-10-21(13)18(14)23/h11H,4-10H2,1-3H3,(H,19,22)/t11-/m1/s1. The molecule has 0 saturated carbocycles. The number of thiophene rings is 1. The van der Waals surface area contributed by atoms with Crippen molar-refractivity contribution < 1.29 is 4.79 Å². The van der Waals surface area contributed by atoms with E-state index in [9.17, 15) is 9.59 Å². The molecule has 3 heterocycles. The smallest absolute Gasteiger partial charge is 0.262 e. The van der Waals surface area contributed by atoms with E-state index in [-0.39, 0.29) is 17.5 Å². The summed E-state index contributed by atoms with van der Waals surface area (Å²) in [5.41, 5.74) is 0.791. The molecule has 130 valence electrons. The normalized spacial score (nSPS) is 15.8. The molecule has 3 rings (SSSR count). The van der Waals surface area contributed by atoms with Gasteiger partial charge in [0.1, 0.15) is 10.7 Å². The Hall–Kier alpha value is -1.69. The number of hydrogen-bond donors (Lipinski definition) is 1.